The standard InChI is InChI=1S/C15H18FNO3/c16-13-7-6-11(15(19)20)9-12(13)10-17-8-4-2-1-3-5-14(17)18/h6-7,9H,1-5,8,10H2,(H,19,20). The third kappa shape index (κ3) is 3.56. The molecule has 1 heterocycles. The molecule has 1 fully saturated rings. The molecule has 1 aromatic rings. The number of carboxylic acid groups (broad SMARTS) is 1. The number of hydrogen-bond donors (Lipinski definition) is 1. The van der Waals surface area contributed by atoms with Crippen LogP contribution in [0.4, 0.5) is 4.39 Å². The average Bonchev–Trinajstić information content (AvgIpc) is 2.40. The summed E-state index contributed by atoms with van der Waals surface area (Å²) in [6.45, 7) is 0.751. The summed E-state index contributed by atoms with van der Waals surface area (Å²) in [5.74, 6) is -1.54. The van der Waals surface area contributed by atoms with E-state index in [0.717, 1.165) is 31.7 Å². The second-order valence-electron chi connectivity index (χ2n) is 5.09. The number of hydrogen-bond acceptors (Lipinski definition) is 2. The van der Waals surface area contributed by atoms with Crippen LogP contribution in [0.25, 0.3) is 0 Å². The number of carboxylic acids is 1. The van der Waals surface area contributed by atoms with Crippen LogP contribution in [-0.4, -0.2) is 28.4 Å². The van der Waals surface area contributed by atoms with Crippen molar-refractivity contribution in [3.63, 3.8) is 0 Å². The fourth-order valence-electron chi connectivity index (χ4n) is 2.42. The summed E-state index contributed by atoms with van der Waals surface area (Å²) < 4.78 is 13.8. The van der Waals surface area contributed by atoms with Gasteiger partial charge in [-0.3, -0.25) is 4.79 Å². The van der Waals surface area contributed by atoms with Gasteiger partial charge < -0.3 is 10.0 Å². The van der Waals surface area contributed by atoms with Crippen molar-refractivity contribution in [3.05, 3.63) is 35.1 Å². The van der Waals surface area contributed by atoms with Gasteiger partial charge in [0.2, 0.25) is 5.91 Å². The van der Waals surface area contributed by atoms with Crippen LogP contribution in [0.3, 0.4) is 0 Å². The Kier molecular flexibility index (Phi) is 4.71. The minimum absolute atomic E-state index is 0.0184. The van der Waals surface area contributed by atoms with Gasteiger partial charge >= 0.3 is 5.97 Å². The van der Waals surface area contributed by atoms with E-state index >= 15 is 0 Å². The first-order chi connectivity index (χ1) is 9.58. The SMILES string of the molecule is O=C(O)c1ccc(F)c(CN2CCCCCCC2=O)c1. The second kappa shape index (κ2) is 6.50. The molecule has 0 bridgehead atoms. The monoisotopic (exact) mass is 279 g/mol. The molecule has 0 aromatic heterocycles. The molecular formula is C15H18FNO3. The maximum absolute atomic E-state index is 13.8. The lowest BCUT2D eigenvalue weighted by atomic mass is 10.1. The van der Waals surface area contributed by atoms with E-state index in [-0.39, 0.29) is 23.6 Å². The van der Waals surface area contributed by atoms with Gasteiger partial charge in [0, 0.05) is 25.1 Å². The number of benzene rings is 1. The highest BCUT2D eigenvalue weighted by molar-refractivity contribution is 5.87. The Morgan fingerprint density at radius 2 is 2.00 bits per heavy atom. The molecule has 0 unspecified atom stereocenters. The third-order valence-electron chi connectivity index (χ3n) is 3.58. The molecule has 0 spiro atoms. The predicted octanol–water partition coefficient (Wildman–Crippen LogP) is 2.82. The fraction of sp³-hybridized carbons (Fsp3) is 0.467. The summed E-state index contributed by atoms with van der Waals surface area (Å²) in [7, 11) is 0. The Morgan fingerprint density at radius 1 is 1.25 bits per heavy atom. The zero-order valence-electron chi connectivity index (χ0n) is 11.3. The lowest BCUT2D eigenvalue weighted by molar-refractivity contribution is -0.132. The van der Waals surface area contributed by atoms with Crippen molar-refractivity contribution in [1.29, 1.82) is 0 Å². The van der Waals surface area contributed by atoms with Gasteiger partial charge in [-0.1, -0.05) is 12.8 Å². The quantitative estimate of drug-likeness (QED) is 0.925. The van der Waals surface area contributed by atoms with Crippen molar-refractivity contribution in [2.45, 2.75) is 38.6 Å². The first-order valence-electron chi connectivity index (χ1n) is 6.87. The normalized spacial score (nSPS) is 16.6. The predicted molar refractivity (Wildman–Crippen MR) is 71.9 cm³/mol. The van der Waals surface area contributed by atoms with Crippen molar-refractivity contribution in [1.82, 2.24) is 4.90 Å². The molecule has 0 saturated carbocycles. The molecule has 2 rings (SSSR count). The molecule has 5 heteroatoms. The van der Waals surface area contributed by atoms with Crippen molar-refractivity contribution < 1.29 is 19.1 Å². The van der Waals surface area contributed by atoms with Crippen LogP contribution in [0.1, 0.15) is 48.0 Å². The molecule has 1 aliphatic heterocycles. The highest BCUT2D eigenvalue weighted by Crippen LogP contribution is 2.17. The molecule has 4 nitrogen and oxygen atoms in total. The Labute approximate surface area is 117 Å². The van der Waals surface area contributed by atoms with Gasteiger partial charge in [-0.2, -0.15) is 0 Å². The minimum Gasteiger partial charge on any atom is -0.478 e. The number of rotatable bonds is 3. The van der Waals surface area contributed by atoms with E-state index < -0.39 is 11.8 Å². The Morgan fingerprint density at radius 3 is 2.75 bits per heavy atom. The first-order valence-corrected chi connectivity index (χ1v) is 6.87. The third-order valence-corrected chi connectivity index (χ3v) is 3.58. The molecule has 0 atom stereocenters. The van der Waals surface area contributed by atoms with Crippen LogP contribution in [-0.2, 0) is 11.3 Å². The maximum Gasteiger partial charge on any atom is 0.335 e. The molecule has 1 amide bonds. The molecule has 108 valence electrons. The van der Waals surface area contributed by atoms with E-state index in [1.807, 2.05) is 0 Å². The summed E-state index contributed by atoms with van der Waals surface area (Å²) in [6, 6.07) is 3.69. The number of halogens is 1. The molecule has 1 aromatic carbocycles. The summed E-state index contributed by atoms with van der Waals surface area (Å²) >= 11 is 0. The van der Waals surface area contributed by atoms with E-state index in [9.17, 15) is 14.0 Å². The summed E-state index contributed by atoms with van der Waals surface area (Å²) in [5, 5.41) is 8.94. The molecule has 1 saturated heterocycles. The topological polar surface area (TPSA) is 57.6 Å². The van der Waals surface area contributed by atoms with Gasteiger partial charge in [0.25, 0.3) is 0 Å². The van der Waals surface area contributed by atoms with Crippen LogP contribution in [0.2, 0.25) is 0 Å². The van der Waals surface area contributed by atoms with Crippen LogP contribution >= 0.6 is 0 Å². The average molecular weight is 279 g/mol. The van der Waals surface area contributed by atoms with Crippen LogP contribution in [0.5, 0.6) is 0 Å². The zero-order chi connectivity index (χ0) is 14.5. The fourth-order valence-corrected chi connectivity index (χ4v) is 2.42. The summed E-state index contributed by atoms with van der Waals surface area (Å²) in [5.41, 5.74) is 0.305. The molecule has 0 radical (unpaired) electrons. The van der Waals surface area contributed by atoms with Gasteiger partial charge in [-0.15, -0.1) is 0 Å². The summed E-state index contributed by atoms with van der Waals surface area (Å²) in [4.78, 5) is 24.5. The minimum atomic E-state index is -1.09. The van der Waals surface area contributed by atoms with Crippen molar-refractivity contribution in [2.24, 2.45) is 0 Å². The number of carbonyl (C=O) groups is 2. The molecule has 1 N–H and O–H groups in total. The van der Waals surface area contributed by atoms with Gasteiger partial charge in [0.15, 0.2) is 0 Å². The number of amides is 1. The number of likely N-dealkylation sites (tertiary alicyclic amines) is 1. The molecule has 1 aliphatic rings. The van der Waals surface area contributed by atoms with Gasteiger partial charge in [-0.05, 0) is 31.0 Å². The smallest absolute Gasteiger partial charge is 0.335 e. The highest BCUT2D eigenvalue weighted by Gasteiger charge is 2.18. The molecule has 0 aliphatic carbocycles. The number of aromatic carboxylic acids is 1. The van der Waals surface area contributed by atoms with Crippen molar-refractivity contribution >= 4 is 11.9 Å². The Hall–Kier alpha value is -1.91. The second-order valence-corrected chi connectivity index (χ2v) is 5.09. The lowest BCUT2D eigenvalue weighted by Gasteiger charge is -2.25. The molecular weight excluding hydrogens is 261 g/mol. The van der Waals surface area contributed by atoms with Crippen LogP contribution in [0, 0.1) is 5.82 Å². The van der Waals surface area contributed by atoms with Crippen LogP contribution < -0.4 is 0 Å². The zero-order valence-corrected chi connectivity index (χ0v) is 11.3. The first kappa shape index (κ1) is 14.5. The Balaban J connectivity index is 2.16. The van der Waals surface area contributed by atoms with E-state index in [1.54, 1.807) is 4.90 Å². The van der Waals surface area contributed by atoms with E-state index in [4.69, 9.17) is 5.11 Å². The number of carbonyl (C=O) groups excluding carboxylic acids is 1. The lowest BCUT2D eigenvalue weighted by Crippen LogP contribution is -2.32. The molecule has 20 heavy (non-hydrogen) atoms. The van der Waals surface area contributed by atoms with Gasteiger partial charge in [-0.25, -0.2) is 9.18 Å². The number of nitrogens with zero attached hydrogens (tertiary/aromatic N) is 1. The largest absolute Gasteiger partial charge is 0.478 e. The van der Waals surface area contributed by atoms with E-state index in [1.165, 1.54) is 12.1 Å². The summed E-state index contributed by atoms with van der Waals surface area (Å²) in [6.07, 6.45) is 4.39. The highest BCUT2D eigenvalue weighted by atomic mass is 19.1. The van der Waals surface area contributed by atoms with E-state index in [0.29, 0.717) is 13.0 Å². The van der Waals surface area contributed by atoms with Crippen LogP contribution in [0.15, 0.2) is 18.2 Å². The maximum atomic E-state index is 13.8. The van der Waals surface area contributed by atoms with Gasteiger partial charge in [0.05, 0.1) is 5.56 Å². The Bertz CT molecular complexity index is 516. The van der Waals surface area contributed by atoms with Crippen molar-refractivity contribution in [3.8, 4) is 0 Å². The van der Waals surface area contributed by atoms with Crippen molar-refractivity contribution in [2.75, 3.05) is 6.54 Å². The van der Waals surface area contributed by atoms with E-state index in [2.05, 4.69) is 0 Å². The van der Waals surface area contributed by atoms with Gasteiger partial charge in [0.1, 0.15) is 5.82 Å².